The van der Waals surface area contributed by atoms with Crippen LogP contribution in [0.4, 0.5) is 0 Å². The van der Waals surface area contributed by atoms with Gasteiger partial charge in [0.25, 0.3) is 0 Å². The molecule has 0 spiro atoms. The first-order chi connectivity index (χ1) is 9.46. The highest BCUT2D eigenvalue weighted by atomic mass is 35.5. The summed E-state index contributed by atoms with van der Waals surface area (Å²) in [5.41, 5.74) is 0.437. The van der Waals surface area contributed by atoms with Gasteiger partial charge in [-0.1, -0.05) is 23.7 Å². The highest BCUT2D eigenvalue weighted by Gasteiger charge is 2.30. The molecule has 1 aliphatic heterocycles. The molecule has 0 aliphatic carbocycles. The van der Waals surface area contributed by atoms with Crippen molar-refractivity contribution in [3.63, 3.8) is 0 Å². The minimum atomic E-state index is -0.727. The number of halogens is 1. The van der Waals surface area contributed by atoms with Gasteiger partial charge in [-0.15, -0.1) is 11.8 Å². The zero-order valence-corrected chi connectivity index (χ0v) is 13.2. The van der Waals surface area contributed by atoms with E-state index in [9.17, 15) is 9.90 Å². The van der Waals surface area contributed by atoms with Crippen LogP contribution >= 0.6 is 23.4 Å². The van der Waals surface area contributed by atoms with E-state index >= 15 is 0 Å². The number of carbonyl (C=O) groups excluding carboxylic acids is 1. The summed E-state index contributed by atoms with van der Waals surface area (Å²) in [6.07, 6.45) is 1.65. The van der Waals surface area contributed by atoms with Crippen LogP contribution in [0.15, 0.2) is 24.3 Å². The van der Waals surface area contributed by atoms with Gasteiger partial charge in [0, 0.05) is 23.9 Å². The zero-order valence-electron chi connectivity index (χ0n) is 11.6. The number of amides is 1. The number of hydrogen-bond donors (Lipinski definition) is 1. The number of β-amino-alcohol motifs (C(OH)–C–C–N with tert-alkyl or cyclic N) is 1. The summed E-state index contributed by atoms with van der Waals surface area (Å²) < 4.78 is 0. The Morgan fingerprint density at radius 3 is 2.80 bits per heavy atom. The minimum absolute atomic E-state index is 0.115. The second-order valence-corrected chi connectivity index (χ2v) is 6.96. The number of benzene rings is 1. The zero-order chi connectivity index (χ0) is 14.6. The second kappa shape index (κ2) is 6.83. The molecule has 1 fully saturated rings. The van der Waals surface area contributed by atoms with Gasteiger partial charge >= 0.3 is 0 Å². The van der Waals surface area contributed by atoms with E-state index < -0.39 is 5.60 Å². The molecule has 20 heavy (non-hydrogen) atoms. The highest BCUT2D eigenvalue weighted by Crippen LogP contribution is 2.22. The Morgan fingerprint density at radius 1 is 1.45 bits per heavy atom. The Kier molecular flexibility index (Phi) is 5.35. The molecule has 2 rings (SSSR count). The molecule has 0 saturated carbocycles. The van der Waals surface area contributed by atoms with E-state index in [4.69, 9.17) is 11.6 Å². The summed E-state index contributed by atoms with van der Waals surface area (Å²) in [5, 5.41) is 10.7. The first kappa shape index (κ1) is 15.7. The molecule has 1 amide bonds. The maximum Gasteiger partial charge on any atom is 0.232 e. The summed E-state index contributed by atoms with van der Waals surface area (Å²) in [6.45, 7) is 3.01. The standard InChI is InChI=1S/C15H20ClNO2S/c1-15(19)7-2-8-17(11-15)14(18)10-20-9-12-3-5-13(16)6-4-12/h3-6,19H,2,7-11H2,1H3. The summed E-state index contributed by atoms with van der Waals surface area (Å²) >= 11 is 7.43. The van der Waals surface area contributed by atoms with Crippen LogP contribution < -0.4 is 0 Å². The molecule has 3 nitrogen and oxygen atoms in total. The molecule has 1 unspecified atom stereocenters. The molecular weight excluding hydrogens is 294 g/mol. The molecule has 1 aromatic carbocycles. The molecule has 0 radical (unpaired) electrons. The molecule has 5 heteroatoms. The lowest BCUT2D eigenvalue weighted by Crippen LogP contribution is -2.49. The van der Waals surface area contributed by atoms with Gasteiger partial charge in [0.1, 0.15) is 0 Å². The van der Waals surface area contributed by atoms with E-state index in [0.29, 0.717) is 12.3 Å². The van der Waals surface area contributed by atoms with Gasteiger partial charge in [-0.2, -0.15) is 0 Å². The fraction of sp³-hybridized carbons (Fsp3) is 0.533. The summed E-state index contributed by atoms with van der Waals surface area (Å²) in [4.78, 5) is 13.9. The Bertz CT molecular complexity index is 461. The molecule has 110 valence electrons. The number of nitrogens with zero attached hydrogens (tertiary/aromatic N) is 1. The Labute approximate surface area is 129 Å². The van der Waals surface area contributed by atoms with Crippen LogP contribution in [0.25, 0.3) is 0 Å². The van der Waals surface area contributed by atoms with Crippen molar-refractivity contribution in [1.29, 1.82) is 0 Å². The third-order valence-electron chi connectivity index (χ3n) is 3.44. The molecule has 1 heterocycles. The van der Waals surface area contributed by atoms with E-state index in [1.165, 1.54) is 0 Å². The third-order valence-corrected chi connectivity index (χ3v) is 4.68. The van der Waals surface area contributed by atoms with Crippen LogP contribution in [0.2, 0.25) is 5.02 Å². The van der Waals surface area contributed by atoms with Crippen molar-refractivity contribution in [1.82, 2.24) is 4.90 Å². The van der Waals surface area contributed by atoms with Crippen LogP contribution in [-0.2, 0) is 10.5 Å². The lowest BCUT2D eigenvalue weighted by Gasteiger charge is -2.36. The van der Waals surface area contributed by atoms with Gasteiger partial charge in [0.2, 0.25) is 5.91 Å². The third kappa shape index (κ3) is 4.69. The van der Waals surface area contributed by atoms with Crippen LogP contribution in [0.1, 0.15) is 25.3 Å². The number of likely N-dealkylation sites (tertiary alicyclic amines) is 1. The normalized spacial score (nSPS) is 22.9. The lowest BCUT2D eigenvalue weighted by molar-refractivity contribution is -0.134. The van der Waals surface area contributed by atoms with Gasteiger partial charge in [0.15, 0.2) is 0 Å². The number of thioether (sulfide) groups is 1. The number of hydrogen-bond acceptors (Lipinski definition) is 3. The number of piperidine rings is 1. The van der Waals surface area contributed by atoms with Crippen LogP contribution in [0.3, 0.4) is 0 Å². The van der Waals surface area contributed by atoms with Crippen molar-refractivity contribution in [3.05, 3.63) is 34.9 Å². The van der Waals surface area contributed by atoms with Gasteiger partial charge in [0.05, 0.1) is 11.4 Å². The van der Waals surface area contributed by atoms with Crippen LogP contribution in [-0.4, -0.2) is 40.4 Å². The fourth-order valence-electron chi connectivity index (χ4n) is 2.36. The maximum atomic E-state index is 12.1. The van der Waals surface area contributed by atoms with Crippen molar-refractivity contribution >= 4 is 29.3 Å². The highest BCUT2D eigenvalue weighted by molar-refractivity contribution is 7.99. The number of carbonyl (C=O) groups is 1. The molecule has 1 aliphatic rings. The molecule has 0 bridgehead atoms. The smallest absolute Gasteiger partial charge is 0.232 e. The average Bonchev–Trinajstić information content (AvgIpc) is 2.40. The van der Waals surface area contributed by atoms with E-state index in [1.54, 1.807) is 23.6 Å². The Hall–Kier alpha value is -0.710. The topological polar surface area (TPSA) is 40.5 Å². The largest absolute Gasteiger partial charge is 0.388 e. The van der Waals surface area contributed by atoms with E-state index in [-0.39, 0.29) is 5.91 Å². The van der Waals surface area contributed by atoms with Crippen molar-refractivity contribution in [3.8, 4) is 0 Å². The molecule has 0 aromatic heterocycles. The predicted octanol–water partition coefficient (Wildman–Crippen LogP) is 2.95. The van der Waals surface area contributed by atoms with E-state index in [1.807, 2.05) is 24.3 Å². The van der Waals surface area contributed by atoms with Gasteiger partial charge < -0.3 is 10.0 Å². The van der Waals surface area contributed by atoms with Gasteiger partial charge in [-0.3, -0.25) is 4.79 Å². The molecule has 1 N–H and O–H groups in total. The van der Waals surface area contributed by atoms with Crippen molar-refractivity contribution in [2.75, 3.05) is 18.8 Å². The summed E-state index contributed by atoms with van der Waals surface area (Å²) in [5.74, 6) is 1.37. The SMILES string of the molecule is CC1(O)CCCN(C(=O)CSCc2ccc(Cl)cc2)C1. The van der Waals surface area contributed by atoms with E-state index in [2.05, 4.69) is 0 Å². The predicted molar refractivity (Wildman–Crippen MR) is 84.1 cm³/mol. The van der Waals surface area contributed by atoms with Crippen LogP contribution in [0.5, 0.6) is 0 Å². The maximum absolute atomic E-state index is 12.1. The van der Waals surface area contributed by atoms with Gasteiger partial charge in [-0.05, 0) is 37.5 Å². The summed E-state index contributed by atoms with van der Waals surface area (Å²) in [6, 6.07) is 7.68. The quantitative estimate of drug-likeness (QED) is 0.929. The summed E-state index contributed by atoms with van der Waals surface area (Å²) in [7, 11) is 0. The Balaban J connectivity index is 1.76. The number of aliphatic hydroxyl groups is 1. The van der Waals surface area contributed by atoms with E-state index in [0.717, 1.165) is 35.7 Å². The second-order valence-electron chi connectivity index (χ2n) is 5.54. The van der Waals surface area contributed by atoms with Gasteiger partial charge in [-0.25, -0.2) is 0 Å². The lowest BCUT2D eigenvalue weighted by atomic mass is 9.95. The molecule has 1 atom stereocenters. The minimum Gasteiger partial charge on any atom is -0.388 e. The molecular formula is C15H20ClNO2S. The molecule has 1 aromatic rings. The fourth-order valence-corrected chi connectivity index (χ4v) is 3.37. The monoisotopic (exact) mass is 313 g/mol. The van der Waals surface area contributed by atoms with Crippen molar-refractivity contribution < 1.29 is 9.90 Å². The Morgan fingerprint density at radius 2 is 2.15 bits per heavy atom. The first-order valence-electron chi connectivity index (χ1n) is 6.79. The van der Waals surface area contributed by atoms with Crippen molar-refractivity contribution in [2.24, 2.45) is 0 Å². The first-order valence-corrected chi connectivity index (χ1v) is 8.32. The van der Waals surface area contributed by atoms with Crippen molar-refractivity contribution in [2.45, 2.75) is 31.1 Å². The average molecular weight is 314 g/mol. The number of rotatable bonds is 4. The van der Waals surface area contributed by atoms with Crippen LogP contribution in [0, 0.1) is 0 Å². The molecule has 1 saturated heterocycles.